The maximum Gasteiger partial charge on any atom is 0.340 e. The number of nitrogens with zero attached hydrogens (tertiary/aromatic N) is 1. The molecule has 3 N–H and O–H groups in total. The predicted molar refractivity (Wildman–Crippen MR) is 117 cm³/mol. The normalized spacial score (nSPS) is 12.9. The molecule has 4 aromatic rings. The highest BCUT2D eigenvalue weighted by Crippen LogP contribution is 2.54. The van der Waals surface area contributed by atoms with Gasteiger partial charge in [-0.15, -0.1) is 0 Å². The van der Waals surface area contributed by atoms with Crippen molar-refractivity contribution in [1.82, 2.24) is 4.57 Å². The molecule has 7 nitrogen and oxygen atoms in total. The van der Waals surface area contributed by atoms with E-state index in [0.29, 0.717) is 16.5 Å². The monoisotopic (exact) mass is 437 g/mol. The van der Waals surface area contributed by atoms with E-state index in [4.69, 9.17) is 0 Å². The van der Waals surface area contributed by atoms with Crippen molar-refractivity contribution in [3.8, 4) is 0 Å². The highest BCUT2D eigenvalue weighted by molar-refractivity contribution is 7.53. The third-order valence-corrected chi connectivity index (χ3v) is 6.63. The molecule has 31 heavy (non-hydrogen) atoms. The molecule has 0 radical (unpaired) electrons. The molecule has 1 aromatic heterocycles. The van der Waals surface area contributed by atoms with Crippen LogP contribution in [0.5, 0.6) is 0 Å². The molecule has 4 rings (SSSR count). The number of carboxylic acid groups (broad SMARTS) is 1. The van der Waals surface area contributed by atoms with Crippen molar-refractivity contribution < 1.29 is 29.0 Å². The van der Waals surface area contributed by atoms with Gasteiger partial charge in [-0.25, -0.2) is 4.79 Å². The van der Waals surface area contributed by atoms with E-state index in [1.165, 1.54) is 18.3 Å². The lowest BCUT2D eigenvalue weighted by atomic mass is 9.99. The van der Waals surface area contributed by atoms with E-state index in [-0.39, 0.29) is 17.5 Å². The van der Waals surface area contributed by atoms with E-state index in [9.17, 15) is 29.0 Å². The van der Waals surface area contributed by atoms with Crippen molar-refractivity contribution in [2.45, 2.75) is 12.1 Å². The van der Waals surface area contributed by atoms with E-state index in [1.807, 2.05) is 36.4 Å². The molecule has 0 saturated heterocycles. The molecule has 0 aliphatic rings. The van der Waals surface area contributed by atoms with Gasteiger partial charge in [-0.3, -0.25) is 9.36 Å². The molecule has 1 atom stereocenters. The van der Waals surface area contributed by atoms with Crippen molar-refractivity contribution in [3.05, 3.63) is 83.6 Å². The fraction of sp³-hybridized carbons (Fsp3) is 0.130. The first-order chi connectivity index (χ1) is 14.6. The smallest absolute Gasteiger partial charge is 0.340 e. The van der Waals surface area contributed by atoms with Crippen LogP contribution in [0, 0.1) is 0 Å². The number of rotatable bonds is 6. The van der Waals surface area contributed by atoms with Gasteiger partial charge in [-0.05, 0) is 34.5 Å². The lowest BCUT2D eigenvalue weighted by molar-refractivity contribution is -0.118. The first kappa shape index (κ1) is 21.0. The zero-order valence-electron chi connectivity index (χ0n) is 16.6. The summed E-state index contributed by atoms with van der Waals surface area (Å²) in [6.07, 6.45) is 1.33. The molecular weight excluding hydrogens is 417 g/mol. The lowest BCUT2D eigenvalue weighted by Gasteiger charge is -2.17. The molecule has 0 saturated carbocycles. The Hall–Kier alpha value is -3.25. The summed E-state index contributed by atoms with van der Waals surface area (Å²) >= 11 is 0. The SMILES string of the molecule is Cn1cc(C(C(=O)Cc2ccc3ccccc3c2)P(=O)(O)O)c2cc(C(=O)O)ccc21. The molecule has 0 amide bonds. The number of aromatic carboxylic acids is 1. The Balaban J connectivity index is 1.78. The third-order valence-electron chi connectivity index (χ3n) is 5.40. The second-order valence-corrected chi connectivity index (χ2v) is 9.24. The molecule has 0 aliphatic heterocycles. The Bertz CT molecular complexity index is 1380. The lowest BCUT2D eigenvalue weighted by Crippen LogP contribution is -2.15. The van der Waals surface area contributed by atoms with Crippen LogP contribution in [-0.4, -0.2) is 31.2 Å². The number of carbonyl (C=O) groups is 2. The number of carbonyl (C=O) groups excluding carboxylic acids is 1. The number of hydrogen-bond donors (Lipinski definition) is 3. The number of ketones is 1. The summed E-state index contributed by atoms with van der Waals surface area (Å²) in [7, 11) is -3.20. The zero-order valence-corrected chi connectivity index (χ0v) is 17.5. The first-order valence-corrected chi connectivity index (χ1v) is 11.2. The Morgan fingerprint density at radius 1 is 1.00 bits per heavy atom. The molecule has 0 fully saturated rings. The fourth-order valence-corrected chi connectivity index (χ4v) is 5.00. The summed E-state index contributed by atoms with van der Waals surface area (Å²) in [6, 6.07) is 17.4. The summed E-state index contributed by atoms with van der Waals surface area (Å²) in [5, 5.41) is 11.6. The summed E-state index contributed by atoms with van der Waals surface area (Å²) in [6.45, 7) is 0. The van der Waals surface area contributed by atoms with Gasteiger partial charge in [0.25, 0.3) is 0 Å². The predicted octanol–water partition coefficient (Wildman–Crippen LogP) is 4.06. The van der Waals surface area contributed by atoms with Gasteiger partial charge in [0.05, 0.1) is 5.56 Å². The van der Waals surface area contributed by atoms with Crippen molar-refractivity contribution in [2.75, 3.05) is 0 Å². The van der Waals surface area contributed by atoms with Gasteiger partial charge in [0, 0.05) is 36.1 Å². The van der Waals surface area contributed by atoms with Gasteiger partial charge in [-0.1, -0.05) is 42.5 Å². The van der Waals surface area contributed by atoms with Crippen LogP contribution in [0.2, 0.25) is 0 Å². The first-order valence-electron chi connectivity index (χ1n) is 9.53. The van der Waals surface area contributed by atoms with Gasteiger partial charge >= 0.3 is 13.6 Å². The summed E-state index contributed by atoms with van der Waals surface area (Å²) in [5.41, 5.74) is -0.358. The van der Waals surface area contributed by atoms with Crippen LogP contribution >= 0.6 is 7.60 Å². The van der Waals surface area contributed by atoms with Crippen molar-refractivity contribution >= 4 is 41.0 Å². The molecule has 1 unspecified atom stereocenters. The largest absolute Gasteiger partial charge is 0.478 e. The zero-order chi connectivity index (χ0) is 22.3. The topological polar surface area (TPSA) is 117 Å². The second kappa shape index (κ2) is 7.78. The fourth-order valence-electron chi connectivity index (χ4n) is 3.96. The average molecular weight is 437 g/mol. The molecular formula is C23H20NO6P. The maximum absolute atomic E-state index is 13.1. The van der Waals surface area contributed by atoms with Crippen LogP contribution in [0.15, 0.2) is 66.9 Å². The number of carboxylic acids is 1. The summed E-state index contributed by atoms with van der Waals surface area (Å²) in [5.74, 6) is -1.79. The molecule has 0 spiro atoms. The van der Waals surface area contributed by atoms with Gasteiger partial charge in [0.2, 0.25) is 0 Å². The van der Waals surface area contributed by atoms with Gasteiger partial charge in [-0.2, -0.15) is 0 Å². The van der Waals surface area contributed by atoms with E-state index in [1.54, 1.807) is 23.7 Å². The number of aryl methyl sites for hydroxylation is 1. The molecule has 0 bridgehead atoms. The molecule has 158 valence electrons. The Labute approximate surface area is 177 Å². The second-order valence-electron chi connectivity index (χ2n) is 7.55. The third kappa shape index (κ3) is 4.03. The van der Waals surface area contributed by atoms with Crippen LogP contribution in [0.3, 0.4) is 0 Å². The van der Waals surface area contributed by atoms with Crippen molar-refractivity contribution in [3.63, 3.8) is 0 Å². The number of Topliss-reactive ketones (excluding diaryl/α,β-unsaturated/α-hetero) is 1. The summed E-state index contributed by atoms with van der Waals surface area (Å²) < 4.78 is 14.0. The van der Waals surface area contributed by atoms with Crippen LogP contribution in [0.25, 0.3) is 21.7 Å². The summed E-state index contributed by atoms with van der Waals surface area (Å²) in [4.78, 5) is 44.7. The van der Waals surface area contributed by atoms with Gasteiger partial charge in [0.1, 0.15) is 5.66 Å². The molecule has 8 heteroatoms. The van der Waals surface area contributed by atoms with Crippen molar-refractivity contribution in [2.24, 2.45) is 7.05 Å². The number of benzene rings is 3. The number of fused-ring (bicyclic) bond motifs is 2. The van der Waals surface area contributed by atoms with Crippen LogP contribution in [0.4, 0.5) is 0 Å². The molecule has 3 aromatic carbocycles. The maximum atomic E-state index is 13.1. The van der Waals surface area contributed by atoms with Crippen LogP contribution < -0.4 is 0 Å². The number of hydrogen-bond acceptors (Lipinski definition) is 3. The van der Waals surface area contributed by atoms with E-state index in [0.717, 1.165) is 10.8 Å². The minimum atomic E-state index is -4.88. The van der Waals surface area contributed by atoms with Crippen molar-refractivity contribution in [1.29, 1.82) is 0 Å². The van der Waals surface area contributed by atoms with E-state index < -0.39 is 25.0 Å². The minimum absolute atomic E-state index is 0.0219. The molecule has 0 aliphatic carbocycles. The Morgan fingerprint density at radius 3 is 2.39 bits per heavy atom. The van der Waals surface area contributed by atoms with Gasteiger partial charge < -0.3 is 19.5 Å². The standard InChI is InChI=1S/C23H20NO6P/c1-24-13-19(18-12-17(23(26)27)8-9-20(18)24)22(31(28,29)30)21(25)11-14-6-7-15-4-2-3-5-16(15)10-14/h2-10,12-13,22H,11H2,1H3,(H,26,27)(H2,28,29,30). The average Bonchev–Trinajstić information content (AvgIpc) is 3.02. The van der Waals surface area contributed by atoms with E-state index in [2.05, 4.69) is 0 Å². The highest BCUT2D eigenvalue weighted by Gasteiger charge is 2.38. The minimum Gasteiger partial charge on any atom is -0.478 e. The Kier molecular flexibility index (Phi) is 5.27. The highest BCUT2D eigenvalue weighted by atomic mass is 31.2. The Morgan fingerprint density at radius 2 is 1.71 bits per heavy atom. The quantitative estimate of drug-likeness (QED) is 0.392. The number of aromatic nitrogens is 1. The van der Waals surface area contributed by atoms with Gasteiger partial charge in [0.15, 0.2) is 5.78 Å². The van der Waals surface area contributed by atoms with E-state index >= 15 is 0 Å². The molecule has 1 heterocycles. The van der Waals surface area contributed by atoms with Crippen LogP contribution in [-0.2, 0) is 22.8 Å². The van der Waals surface area contributed by atoms with Crippen LogP contribution in [0.1, 0.15) is 27.1 Å².